The van der Waals surface area contributed by atoms with Crippen LogP contribution in [0.1, 0.15) is 5.56 Å². The van der Waals surface area contributed by atoms with Crippen LogP contribution in [-0.2, 0) is 6.61 Å². The highest BCUT2D eigenvalue weighted by Crippen LogP contribution is 2.32. The second-order valence-electron chi connectivity index (χ2n) is 3.68. The van der Waals surface area contributed by atoms with Crippen molar-refractivity contribution in [2.75, 3.05) is 7.11 Å². The fourth-order valence-electron chi connectivity index (χ4n) is 1.55. The predicted molar refractivity (Wildman–Crippen MR) is 65.4 cm³/mol. The van der Waals surface area contributed by atoms with Crippen LogP contribution in [0, 0.1) is 5.82 Å². The molecule has 0 amide bonds. The van der Waals surface area contributed by atoms with Crippen LogP contribution < -0.4 is 9.47 Å². The normalized spacial score (nSPS) is 10.2. The molecule has 2 aromatic rings. The second-order valence-corrected chi connectivity index (χ2v) is 3.68. The fourth-order valence-corrected chi connectivity index (χ4v) is 1.55. The highest BCUT2D eigenvalue weighted by Gasteiger charge is 2.09. The Morgan fingerprint density at radius 3 is 2.39 bits per heavy atom. The molecule has 2 rings (SSSR count). The molecular weight excluding hydrogens is 235 g/mol. The average Bonchev–Trinajstić information content (AvgIpc) is 2.41. The summed E-state index contributed by atoms with van der Waals surface area (Å²) in [7, 11) is 1.52. The Morgan fingerprint density at radius 2 is 1.78 bits per heavy atom. The maximum Gasteiger partial charge on any atom is 0.169 e. The predicted octanol–water partition coefficient (Wildman–Crippen LogP) is 3.12. The van der Waals surface area contributed by atoms with Crippen molar-refractivity contribution >= 4 is 0 Å². The number of methoxy groups -OCH3 is 1. The fraction of sp³-hybridized carbons (Fsp3) is 0.143. The van der Waals surface area contributed by atoms with E-state index < -0.39 is 5.82 Å². The lowest BCUT2D eigenvalue weighted by atomic mass is 10.2. The van der Waals surface area contributed by atoms with Crippen molar-refractivity contribution in [1.82, 2.24) is 0 Å². The second kappa shape index (κ2) is 5.51. The SMILES string of the molecule is COc1ccccc1Oc1ccc(CO)cc1F. The van der Waals surface area contributed by atoms with Gasteiger partial charge in [0, 0.05) is 0 Å². The zero-order chi connectivity index (χ0) is 13.0. The molecular formula is C14H13FO3. The molecule has 0 aliphatic carbocycles. The van der Waals surface area contributed by atoms with E-state index in [1.165, 1.54) is 19.2 Å². The molecule has 0 bridgehead atoms. The van der Waals surface area contributed by atoms with Crippen LogP contribution >= 0.6 is 0 Å². The first kappa shape index (κ1) is 12.4. The van der Waals surface area contributed by atoms with Crippen LogP contribution in [0.3, 0.4) is 0 Å². The van der Waals surface area contributed by atoms with Crippen LogP contribution in [0.2, 0.25) is 0 Å². The van der Waals surface area contributed by atoms with Gasteiger partial charge in [-0.25, -0.2) is 4.39 Å². The minimum atomic E-state index is -0.521. The topological polar surface area (TPSA) is 38.7 Å². The van der Waals surface area contributed by atoms with E-state index in [2.05, 4.69) is 0 Å². The van der Waals surface area contributed by atoms with Crippen LogP contribution in [0.5, 0.6) is 17.2 Å². The number of benzene rings is 2. The summed E-state index contributed by atoms with van der Waals surface area (Å²) in [6, 6.07) is 11.3. The van der Waals surface area contributed by atoms with Gasteiger partial charge in [-0.05, 0) is 29.8 Å². The molecule has 0 heterocycles. The zero-order valence-electron chi connectivity index (χ0n) is 9.89. The van der Waals surface area contributed by atoms with Gasteiger partial charge in [0.2, 0.25) is 0 Å². The summed E-state index contributed by atoms with van der Waals surface area (Å²) in [5, 5.41) is 8.90. The zero-order valence-corrected chi connectivity index (χ0v) is 9.89. The molecule has 18 heavy (non-hydrogen) atoms. The number of hydrogen-bond acceptors (Lipinski definition) is 3. The molecule has 0 saturated carbocycles. The number of ether oxygens (including phenoxy) is 2. The van der Waals surface area contributed by atoms with Gasteiger partial charge in [0.05, 0.1) is 13.7 Å². The lowest BCUT2D eigenvalue weighted by Crippen LogP contribution is -1.93. The van der Waals surface area contributed by atoms with Gasteiger partial charge in [0.25, 0.3) is 0 Å². The minimum absolute atomic E-state index is 0.0942. The smallest absolute Gasteiger partial charge is 0.169 e. The molecule has 0 aliphatic rings. The molecule has 0 unspecified atom stereocenters. The molecule has 0 aliphatic heterocycles. The molecule has 4 heteroatoms. The van der Waals surface area contributed by atoms with Crippen molar-refractivity contribution in [3.63, 3.8) is 0 Å². The summed E-state index contributed by atoms with van der Waals surface area (Å²) in [5.41, 5.74) is 0.500. The number of hydrogen-bond donors (Lipinski definition) is 1. The number of para-hydroxylation sites is 2. The van der Waals surface area contributed by atoms with E-state index in [-0.39, 0.29) is 12.4 Å². The third kappa shape index (κ3) is 2.60. The summed E-state index contributed by atoms with van der Waals surface area (Å²) in [4.78, 5) is 0. The largest absolute Gasteiger partial charge is 0.493 e. The number of halogens is 1. The molecule has 1 N–H and O–H groups in total. The monoisotopic (exact) mass is 248 g/mol. The van der Waals surface area contributed by atoms with Crippen molar-refractivity contribution in [3.8, 4) is 17.2 Å². The molecule has 2 aromatic carbocycles. The molecule has 0 atom stereocenters. The number of rotatable bonds is 4. The Morgan fingerprint density at radius 1 is 1.06 bits per heavy atom. The summed E-state index contributed by atoms with van der Waals surface area (Å²) < 4.78 is 24.2. The average molecular weight is 248 g/mol. The van der Waals surface area contributed by atoms with Gasteiger partial charge < -0.3 is 14.6 Å². The van der Waals surface area contributed by atoms with Crippen LogP contribution in [0.15, 0.2) is 42.5 Å². The van der Waals surface area contributed by atoms with Crippen molar-refractivity contribution < 1.29 is 19.0 Å². The van der Waals surface area contributed by atoms with E-state index >= 15 is 0 Å². The van der Waals surface area contributed by atoms with E-state index in [1.54, 1.807) is 30.3 Å². The lowest BCUT2D eigenvalue weighted by Gasteiger charge is -2.10. The summed E-state index contributed by atoms with van der Waals surface area (Å²) in [6.45, 7) is -0.203. The van der Waals surface area contributed by atoms with Gasteiger partial charge in [-0.15, -0.1) is 0 Å². The first-order valence-corrected chi connectivity index (χ1v) is 5.44. The highest BCUT2D eigenvalue weighted by atomic mass is 19.1. The van der Waals surface area contributed by atoms with Crippen molar-refractivity contribution in [1.29, 1.82) is 0 Å². The first-order valence-electron chi connectivity index (χ1n) is 5.44. The van der Waals surface area contributed by atoms with Gasteiger partial charge in [-0.1, -0.05) is 18.2 Å². The molecule has 0 spiro atoms. The molecule has 0 radical (unpaired) electrons. The molecule has 0 saturated heterocycles. The molecule has 0 fully saturated rings. The third-order valence-electron chi connectivity index (χ3n) is 2.47. The minimum Gasteiger partial charge on any atom is -0.493 e. The Hall–Kier alpha value is -2.07. The van der Waals surface area contributed by atoms with Crippen molar-refractivity contribution in [3.05, 3.63) is 53.8 Å². The first-order chi connectivity index (χ1) is 8.74. The molecule has 0 aromatic heterocycles. The molecule has 3 nitrogen and oxygen atoms in total. The van der Waals surface area contributed by atoms with Crippen LogP contribution in [0.4, 0.5) is 4.39 Å². The quantitative estimate of drug-likeness (QED) is 0.903. The standard InChI is InChI=1S/C14H13FO3/c1-17-13-4-2-3-5-14(13)18-12-7-6-10(9-16)8-11(12)15/h2-8,16H,9H2,1H3. The highest BCUT2D eigenvalue weighted by molar-refractivity contribution is 5.43. The Bertz CT molecular complexity index is 540. The number of aliphatic hydroxyl groups excluding tert-OH is 1. The maximum atomic E-state index is 13.7. The van der Waals surface area contributed by atoms with Gasteiger partial charge in [0.15, 0.2) is 23.1 Å². The summed E-state index contributed by atoms with van der Waals surface area (Å²) >= 11 is 0. The Kier molecular flexibility index (Phi) is 3.79. The van der Waals surface area contributed by atoms with E-state index in [1.807, 2.05) is 0 Å². The Labute approximate surface area is 104 Å². The van der Waals surface area contributed by atoms with Gasteiger partial charge in [-0.2, -0.15) is 0 Å². The summed E-state index contributed by atoms with van der Waals surface area (Å²) in [6.07, 6.45) is 0. The number of aliphatic hydroxyl groups is 1. The third-order valence-corrected chi connectivity index (χ3v) is 2.47. The van der Waals surface area contributed by atoms with E-state index in [0.29, 0.717) is 17.1 Å². The van der Waals surface area contributed by atoms with Crippen LogP contribution in [0.25, 0.3) is 0 Å². The lowest BCUT2D eigenvalue weighted by molar-refractivity contribution is 0.281. The van der Waals surface area contributed by atoms with E-state index in [4.69, 9.17) is 14.6 Å². The van der Waals surface area contributed by atoms with E-state index in [9.17, 15) is 4.39 Å². The van der Waals surface area contributed by atoms with Crippen molar-refractivity contribution in [2.24, 2.45) is 0 Å². The van der Waals surface area contributed by atoms with Gasteiger partial charge >= 0.3 is 0 Å². The van der Waals surface area contributed by atoms with Crippen molar-refractivity contribution in [2.45, 2.75) is 6.61 Å². The summed E-state index contributed by atoms with van der Waals surface area (Å²) in [5.74, 6) is 0.544. The van der Waals surface area contributed by atoms with Gasteiger partial charge in [0.1, 0.15) is 0 Å². The molecule has 94 valence electrons. The van der Waals surface area contributed by atoms with Crippen LogP contribution in [-0.4, -0.2) is 12.2 Å². The van der Waals surface area contributed by atoms with E-state index in [0.717, 1.165) is 0 Å². The Balaban J connectivity index is 2.28. The maximum absolute atomic E-state index is 13.7. The van der Waals surface area contributed by atoms with Gasteiger partial charge in [-0.3, -0.25) is 0 Å².